The Morgan fingerprint density at radius 2 is 1.70 bits per heavy atom. The van der Waals surface area contributed by atoms with Gasteiger partial charge in [-0.25, -0.2) is 28.1 Å². The Labute approximate surface area is 238 Å². The van der Waals surface area contributed by atoms with E-state index in [0.717, 1.165) is 17.6 Å². The Bertz CT molecular complexity index is 1430. The van der Waals surface area contributed by atoms with Gasteiger partial charge in [0, 0.05) is 29.9 Å². The first-order chi connectivity index (χ1) is 17.8. The molecule has 0 saturated carbocycles. The van der Waals surface area contributed by atoms with Crippen molar-refractivity contribution in [3.8, 4) is 0 Å². The van der Waals surface area contributed by atoms with Crippen LogP contribution in [-0.2, 0) is 35.8 Å². The molecule has 3 aromatic rings. The first kappa shape index (κ1) is 29.0. The average molecular weight is 636 g/mol. The molecule has 0 amide bonds. The molecule has 2 heterocycles. The average Bonchev–Trinajstić information content (AvgIpc) is 3.19. The minimum absolute atomic E-state index is 0.0178. The van der Waals surface area contributed by atoms with E-state index < -0.39 is 10.0 Å². The van der Waals surface area contributed by atoms with Gasteiger partial charge in [0.15, 0.2) is 5.84 Å². The van der Waals surface area contributed by atoms with Crippen LogP contribution in [-0.4, -0.2) is 29.9 Å². The number of sulfonamides is 1. The number of hydrogen-bond donors (Lipinski definition) is 2. The van der Waals surface area contributed by atoms with Crippen molar-refractivity contribution in [2.45, 2.75) is 11.8 Å². The fourth-order valence-corrected chi connectivity index (χ4v) is 4.75. The third kappa shape index (κ3) is 7.95. The van der Waals surface area contributed by atoms with Crippen LogP contribution >= 0.6 is 32.1 Å². The summed E-state index contributed by atoms with van der Waals surface area (Å²) in [5, 5.41) is 18.5. The zero-order valence-electron chi connectivity index (χ0n) is 18.8. The number of para-hydroxylation sites is 1. The number of halogens is 2. The molecule has 0 saturated heterocycles. The summed E-state index contributed by atoms with van der Waals surface area (Å²) in [6.07, 6.45) is 2.88. The number of aromatic nitrogens is 2. The predicted molar refractivity (Wildman–Crippen MR) is 147 cm³/mol. The number of amidine groups is 1. The molecule has 1 aliphatic heterocycles. The Hall–Kier alpha value is -2.58. The molecule has 16 heteroatoms. The van der Waals surface area contributed by atoms with Crippen LogP contribution in [0.15, 0.2) is 102 Å². The van der Waals surface area contributed by atoms with E-state index in [2.05, 4.69) is 29.4 Å². The molecule has 4 rings (SSSR count). The van der Waals surface area contributed by atoms with Gasteiger partial charge >= 0.3 is 33.3 Å². The molecule has 0 aliphatic carbocycles. The van der Waals surface area contributed by atoms with Crippen molar-refractivity contribution < 1.29 is 21.6 Å². The van der Waals surface area contributed by atoms with Crippen molar-refractivity contribution >= 4 is 83.7 Å². The zero-order chi connectivity index (χ0) is 26.8. The maximum absolute atomic E-state index is 12.4. The standard InChI is InChI=1S/C21H18N8O2S3.2ClH.Fe/c1-14-18(19(22)29(26-14)16-6-3-2-4-7-16)20(32)33-28-25-15-8-10-17(11-9-15)34(30,31)27-21-23-12-5-13-24-21;;;/h2-13,22,32H,1H3,(H,23,24,27);2*1H;/q;;;+3/p-3/b20-18-,22-19?,28-25?;;;. The Morgan fingerprint density at radius 3 is 2.32 bits per heavy atom. The normalized spacial score (nSPS) is 14.7. The van der Waals surface area contributed by atoms with Crippen molar-refractivity contribution in [1.82, 2.24) is 9.97 Å². The molecule has 2 aromatic carbocycles. The van der Waals surface area contributed by atoms with Crippen molar-refractivity contribution in [2.75, 3.05) is 9.73 Å². The second-order valence-corrected chi connectivity index (χ2v) is 11.8. The summed E-state index contributed by atoms with van der Waals surface area (Å²) in [6.45, 7) is 1.78. The van der Waals surface area contributed by atoms with Crippen LogP contribution in [0.2, 0.25) is 0 Å². The zero-order valence-corrected chi connectivity index (χ0v) is 23.8. The summed E-state index contributed by atoms with van der Waals surface area (Å²) in [7, 11) is 5.69. The minimum atomic E-state index is -3.83. The van der Waals surface area contributed by atoms with Gasteiger partial charge in [-0.1, -0.05) is 18.2 Å². The van der Waals surface area contributed by atoms with E-state index in [1.54, 1.807) is 13.0 Å². The van der Waals surface area contributed by atoms with Gasteiger partial charge in [0.2, 0.25) is 5.95 Å². The first-order valence-electron chi connectivity index (χ1n) is 10.0. The second kappa shape index (κ2) is 13.8. The monoisotopic (exact) mass is 635 g/mol. The fourth-order valence-electron chi connectivity index (χ4n) is 2.90. The Morgan fingerprint density at radius 1 is 1.08 bits per heavy atom. The van der Waals surface area contributed by atoms with E-state index in [1.807, 2.05) is 30.3 Å². The van der Waals surface area contributed by atoms with Crippen LogP contribution in [0.1, 0.15) is 6.92 Å². The number of anilines is 2. The first-order valence-corrected chi connectivity index (χ1v) is 15.7. The third-order valence-corrected chi connectivity index (χ3v) is 6.79. The summed E-state index contributed by atoms with van der Waals surface area (Å²) in [6, 6.07) is 16.8. The molecule has 37 heavy (non-hydrogen) atoms. The number of nitrogens with zero attached hydrogens (tertiary/aromatic N) is 6. The van der Waals surface area contributed by atoms with Crippen molar-refractivity contribution in [3.63, 3.8) is 0 Å². The van der Waals surface area contributed by atoms with Gasteiger partial charge in [0.05, 0.1) is 22.0 Å². The molecule has 0 spiro atoms. The molecule has 1 aliphatic rings. The van der Waals surface area contributed by atoms with Crippen molar-refractivity contribution in [2.24, 2.45) is 14.7 Å². The summed E-state index contributed by atoms with van der Waals surface area (Å²) < 4.78 is 31.6. The Balaban J connectivity index is 0.00000121. The summed E-state index contributed by atoms with van der Waals surface area (Å²) in [5.74, 6) is 0.150. The SMILES string of the molecule is CC1=NN(c2ccccc2)C(=N)/C1=C(/[S-])SN=Nc1ccc(S(=O)(=O)Nc2ncccn2)cc1.[Cl][Fe+][Cl]. The molecule has 0 fully saturated rings. The van der Waals surface area contributed by atoms with Gasteiger partial charge in [-0.2, -0.15) is 5.10 Å². The van der Waals surface area contributed by atoms with E-state index in [0.29, 0.717) is 21.2 Å². The molecule has 0 atom stereocenters. The van der Waals surface area contributed by atoms with E-state index in [-0.39, 0.29) is 29.8 Å². The predicted octanol–water partition coefficient (Wildman–Crippen LogP) is 6.02. The van der Waals surface area contributed by atoms with Crippen LogP contribution in [0.25, 0.3) is 0 Å². The van der Waals surface area contributed by atoms with E-state index >= 15 is 0 Å². The Kier molecular flexibility index (Phi) is 10.8. The van der Waals surface area contributed by atoms with Gasteiger partial charge in [-0.15, -0.1) is 13.9 Å². The molecule has 0 radical (unpaired) electrons. The summed E-state index contributed by atoms with van der Waals surface area (Å²) in [5.41, 5.74) is 2.33. The molecule has 10 nitrogen and oxygen atoms in total. The number of rotatable bonds is 7. The van der Waals surface area contributed by atoms with E-state index in [1.165, 1.54) is 41.7 Å². The quantitative estimate of drug-likeness (QED) is 0.140. The molecule has 0 unspecified atom stereocenters. The van der Waals surface area contributed by atoms with Crippen LogP contribution in [0.5, 0.6) is 0 Å². The van der Waals surface area contributed by atoms with Crippen molar-refractivity contribution in [3.05, 3.63) is 82.9 Å². The molecule has 193 valence electrons. The fraction of sp³-hybridized carbons (Fsp3) is 0.0476. The van der Waals surface area contributed by atoms with Gasteiger partial charge < -0.3 is 12.6 Å². The number of hydrazone groups is 1. The van der Waals surface area contributed by atoms with Crippen LogP contribution in [0.4, 0.5) is 17.3 Å². The van der Waals surface area contributed by atoms with Crippen LogP contribution < -0.4 is 9.73 Å². The second-order valence-electron chi connectivity index (χ2n) is 6.84. The number of nitrogens with one attached hydrogen (secondary N) is 2. The molecular formula is C21H17Cl2FeN8O2S3. The van der Waals surface area contributed by atoms with Gasteiger partial charge in [-0.05, 0) is 49.4 Å². The number of benzene rings is 2. The molecule has 1 aromatic heterocycles. The maximum atomic E-state index is 12.4. The summed E-state index contributed by atoms with van der Waals surface area (Å²) in [4.78, 5) is 7.73. The van der Waals surface area contributed by atoms with Crippen LogP contribution in [0, 0.1) is 5.41 Å². The third-order valence-electron chi connectivity index (χ3n) is 4.48. The topological polar surface area (TPSA) is 136 Å². The van der Waals surface area contributed by atoms with Gasteiger partial charge in [-0.3, -0.25) is 5.41 Å². The number of hydrogen-bond acceptors (Lipinski definition) is 10. The molecule has 2 N–H and O–H groups in total. The molecule has 0 bridgehead atoms. The van der Waals surface area contributed by atoms with Crippen molar-refractivity contribution in [1.29, 1.82) is 5.41 Å². The van der Waals surface area contributed by atoms with E-state index in [4.69, 9.17) is 38.2 Å². The van der Waals surface area contributed by atoms with Gasteiger partial charge in [0.1, 0.15) is 0 Å². The summed E-state index contributed by atoms with van der Waals surface area (Å²) >= 11 is 6.58. The van der Waals surface area contributed by atoms with E-state index in [9.17, 15) is 8.42 Å². The van der Waals surface area contributed by atoms with Crippen LogP contribution in [0.3, 0.4) is 0 Å². The van der Waals surface area contributed by atoms with Gasteiger partial charge in [0.25, 0.3) is 10.0 Å². The molecular weight excluding hydrogens is 619 g/mol.